The van der Waals surface area contributed by atoms with Gasteiger partial charge in [-0.2, -0.15) is 0 Å². The Balaban J connectivity index is 1.81. The number of amides is 1. The molecule has 1 aliphatic heterocycles. The van der Waals surface area contributed by atoms with E-state index in [0.717, 1.165) is 5.56 Å². The SMILES string of the molecule is NC(CCC(=O)N1CCS(=O)(=O)CC1)c1ccccc1. The Bertz CT molecular complexity index is 543. The van der Waals surface area contributed by atoms with Gasteiger partial charge in [-0.25, -0.2) is 8.42 Å². The third-order valence-corrected chi connectivity index (χ3v) is 5.20. The van der Waals surface area contributed by atoms with Crippen molar-refractivity contribution in [3.8, 4) is 0 Å². The first-order valence-electron chi connectivity index (χ1n) is 6.77. The molecule has 0 bridgehead atoms. The number of hydrogen-bond acceptors (Lipinski definition) is 4. The van der Waals surface area contributed by atoms with Crippen LogP contribution >= 0.6 is 0 Å². The average molecular weight is 296 g/mol. The van der Waals surface area contributed by atoms with Gasteiger partial charge in [-0.05, 0) is 12.0 Å². The fourth-order valence-electron chi connectivity index (χ4n) is 2.27. The predicted molar refractivity (Wildman–Crippen MR) is 77.8 cm³/mol. The molecule has 2 rings (SSSR count). The second-order valence-corrected chi connectivity index (χ2v) is 7.39. The van der Waals surface area contributed by atoms with Gasteiger partial charge in [-0.1, -0.05) is 30.3 Å². The van der Waals surface area contributed by atoms with Crippen molar-refractivity contribution in [3.63, 3.8) is 0 Å². The molecule has 20 heavy (non-hydrogen) atoms. The van der Waals surface area contributed by atoms with Crippen LogP contribution in [0.5, 0.6) is 0 Å². The summed E-state index contributed by atoms with van der Waals surface area (Å²) in [7, 11) is -2.94. The van der Waals surface area contributed by atoms with E-state index < -0.39 is 9.84 Å². The van der Waals surface area contributed by atoms with Gasteiger partial charge in [-0.15, -0.1) is 0 Å². The monoisotopic (exact) mass is 296 g/mol. The number of benzene rings is 1. The maximum absolute atomic E-state index is 12.0. The highest BCUT2D eigenvalue weighted by molar-refractivity contribution is 7.91. The first-order chi connectivity index (χ1) is 9.48. The molecule has 1 aromatic rings. The van der Waals surface area contributed by atoms with Crippen molar-refractivity contribution in [2.24, 2.45) is 5.73 Å². The van der Waals surface area contributed by atoms with Gasteiger partial charge in [0, 0.05) is 25.6 Å². The van der Waals surface area contributed by atoms with Crippen LogP contribution in [0, 0.1) is 0 Å². The summed E-state index contributed by atoms with van der Waals surface area (Å²) in [4.78, 5) is 13.6. The zero-order valence-electron chi connectivity index (χ0n) is 11.4. The molecule has 0 saturated carbocycles. The van der Waals surface area contributed by atoms with Crippen molar-refractivity contribution < 1.29 is 13.2 Å². The first kappa shape index (κ1) is 15.0. The number of sulfone groups is 1. The van der Waals surface area contributed by atoms with E-state index in [9.17, 15) is 13.2 Å². The molecule has 1 fully saturated rings. The molecule has 1 saturated heterocycles. The molecule has 0 aliphatic carbocycles. The van der Waals surface area contributed by atoms with Gasteiger partial charge in [0.15, 0.2) is 9.84 Å². The first-order valence-corrected chi connectivity index (χ1v) is 8.59. The lowest BCUT2D eigenvalue weighted by molar-refractivity contribution is -0.131. The summed E-state index contributed by atoms with van der Waals surface area (Å²) in [6.07, 6.45) is 0.933. The number of nitrogens with zero attached hydrogens (tertiary/aromatic N) is 1. The minimum Gasteiger partial charge on any atom is -0.341 e. The lowest BCUT2D eigenvalue weighted by Crippen LogP contribution is -2.43. The van der Waals surface area contributed by atoms with Gasteiger partial charge in [-0.3, -0.25) is 4.79 Å². The van der Waals surface area contributed by atoms with E-state index >= 15 is 0 Å². The summed E-state index contributed by atoms with van der Waals surface area (Å²) in [5.74, 6) is 0.138. The van der Waals surface area contributed by atoms with Crippen LogP contribution in [0.4, 0.5) is 0 Å². The Morgan fingerprint density at radius 2 is 1.80 bits per heavy atom. The van der Waals surface area contributed by atoms with E-state index in [2.05, 4.69) is 0 Å². The van der Waals surface area contributed by atoms with Crippen molar-refractivity contribution in [2.75, 3.05) is 24.6 Å². The van der Waals surface area contributed by atoms with E-state index in [0.29, 0.717) is 25.9 Å². The minimum atomic E-state index is -2.94. The summed E-state index contributed by atoms with van der Waals surface area (Å²) in [5, 5.41) is 0. The summed E-state index contributed by atoms with van der Waals surface area (Å²) >= 11 is 0. The molecule has 0 radical (unpaired) electrons. The number of carbonyl (C=O) groups excluding carboxylic acids is 1. The number of rotatable bonds is 4. The van der Waals surface area contributed by atoms with Gasteiger partial charge in [0.05, 0.1) is 11.5 Å². The predicted octanol–water partition coefficient (Wildman–Crippen LogP) is 0.724. The summed E-state index contributed by atoms with van der Waals surface area (Å²) in [6.45, 7) is 0.615. The van der Waals surface area contributed by atoms with Crippen molar-refractivity contribution >= 4 is 15.7 Å². The summed E-state index contributed by atoms with van der Waals surface area (Å²) in [5.41, 5.74) is 7.06. The van der Waals surface area contributed by atoms with E-state index in [-0.39, 0.29) is 23.5 Å². The molecule has 0 spiro atoms. The molecule has 1 amide bonds. The van der Waals surface area contributed by atoms with Crippen LogP contribution < -0.4 is 5.73 Å². The molecule has 2 N–H and O–H groups in total. The molecule has 1 heterocycles. The molecule has 1 aromatic carbocycles. The Morgan fingerprint density at radius 1 is 1.20 bits per heavy atom. The molecule has 5 nitrogen and oxygen atoms in total. The Morgan fingerprint density at radius 3 is 2.40 bits per heavy atom. The number of hydrogen-bond donors (Lipinski definition) is 1. The van der Waals surface area contributed by atoms with Gasteiger partial charge in [0.1, 0.15) is 0 Å². The Kier molecular flexibility index (Phi) is 4.77. The lowest BCUT2D eigenvalue weighted by Gasteiger charge is -2.27. The smallest absolute Gasteiger partial charge is 0.222 e. The Hall–Kier alpha value is -1.40. The third-order valence-electron chi connectivity index (χ3n) is 3.59. The van der Waals surface area contributed by atoms with Crippen LogP contribution in [0.1, 0.15) is 24.4 Å². The van der Waals surface area contributed by atoms with Crippen molar-refractivity contribution in [2.45, 2.75) is 18.9 Å². The fourth-order valence-corrected chi connectivity index (χ4v) is 3.47. The maximum atomic E-state index is 12.0. The highest BCUT2D eigenvalue weighted by Gasteiger charge is 2.24. The topological polar surface area (TPSA) is 80.5 Å². The standard InChI is InChI=1S/C14H20N2O3S/c15-13(12-4-2-1-3-5-12)6-7-14(17)16-8-10-20(18,19)11-9-16/h1-5,13H,6-11,15H2. The van der Waals surface area contributed by atoms with Crippen molar-refractivity contribution in [1.29, 1.82) is 0 Å². The van der Waals surface area contributed by atoms with Gasteiger partial charge in [0.2, 0.25) is 5.91 Å². The number of carbonyl (C=O) groups is 1. The van der Waals surface area contributed by atoms with E-state index in [1.165, 1.54) is 0 Å². The van der Waals surface area contributed by atoms with E-state index in [1.807, 2.05) is 30.3 Å². The van der Waals surface area contributed by atoms with Crippen molar-refractivity contribution in [3.05, 3.63) is 35.9 Å². The third kappa shape index (κ3) is 4.05. The molecule has 6 heteroatoms. The van der Waals surface area contributed by atoms with Crippen molar-refractivity contribution in [1.82, 2.24) is 4.90 Å². The quantitative estimate of drug-likeness (QED) is 0.888. The van der Waals surface area contributed by atoms with Crippen LogP contribution in [-0.4, -0.2) is 43.8 Å². The second-order valence-electron chi connectivity index (χ2n) is 5.09. The largest absolute Gasteiger partial charge is 0.341 e. The average Bonchev–Trinajstić information content (AvgIpc) is 2.45. The summed E-state index contributed by atoms with van der Waals surface area (Å²) in [6, 6.07) is 9.51. The zero-order valence-corrected chi connectivity index (χ0v) is 12.2. The molecule has 0 aromatic heterocycles. The van der Waals surface area contributed by atoms with E-state index in [4.69, 9.17) is 5.73 Å². The molecular formula is C14H20N2O3S. The second kappa shape index (κ2) is 6.37. The fraction of sp³-hybridized carbons (Fsp3) is 0.500. The van der Waals surface area contributed by atoms with Gasteiger partial charge < -0.3 is 10.6 Å². The minimum absolute atomic E-state index is 0.00807. The highest BCUT2D eigenvalue weighted by Crippen LogP contribution is 2.16. The van der Waals surface area contributed by atoms with E-state index in [1.54, 1.807) is 4.90 Å². The Labute approximate surface area is 119 Å². The molecule has 1 unspecified atom stereocenters. The molecule has 1 aliphatic rings. The van der Waals surface area contributed by atoms with Crippen LogP contribution in [0.2, 0.25) is 0 Å². The zero-order chi connectivity index (χ0) is 14.6. The van der Waals surface area contributed by atoms with Gasteiger partial charge in [0.25, 0.3) is 0 Å². The normalized spacial score (nSPS) is 19.6. The highest BCUT2D eigenvalue weighted by atomic mass is 32.2. The number of nitrogens with two attached hydrogens (primary N) is 1. The summed E-state index contributed by atoms with van der Waals surface area (Å²) < 4.78 is 22.6. The van der Waals surface area contributed by atoms with Crippen LogP contribution in [0.15, 0.2) is 30.3 Å². The molecule has 1 atom stereocenters. The van der Waals surface area contributed by atoms with Crippen LogP contribution in [0.3, 0.4) is 0 Å². The van der Waals surface area contributed by atoms with Crippen LogP contribution in [0.25, 0.3) is 0 Å². The lowest BCUT2D eigenvalue weighted by atomic mass is 10.0. The van der Waals surface area contributed by atoms with Gasteiger partial charge >= 0.3 is 0 Å². The molecular weight excluding hydrogens is 276 g/mol. The van der Waals surface area contributed by atoms with Crippen LogP contribution in [-0.2, 0) is 14.6 Å². The molecule has 110 valence electrons. The maximum Gasteiger partial charge on any atom is 0.222 e.